The van der Waals surface area contributed by atoms with Crippen molar-refractivity contribution in [3.05, 3.63) is 46.5 Å². The molecule has 0 atom stereocenters. The fraction of sp³-hybridized carbons (Fsp3) is 0.357. The molecule has 6 heteroatoms. The molecule has 20 heavy (non-hydrogen) atoms. The molecule has 3 nitrogen and oxygen atoms in total. The monoisotopic (exact) mass is 284 g/mol. The van der Waals surface area contributed by atoms with E-state index >= 15 is 0 Å². The van der Waals surface area contributed by atoms with Crippen LogP contribution < -0.4 is 5.69 Å². The zero-order chi connectivity index (χ0) is 14.9. The number of hydrogen-bond acceptors (Lipinski definition) is 1. The molecule has 0 spiro atoms. The SMILES string of the molecule is CC(C)Cn1c(-c2ccccc2C(F)(F)F)c[nH]c1=O. The van der Waals surface area contributed by atoms with Crippen LogP contribution >= 0.6 is 0 Å². The molecule has 0 amide bonds. The highest BCUT2D eigenvalue weighted by atomic mass is 19.4. The molecule has 1 heterocycles. The van der Waals surface area contributed by atoms with E-state index in [1.807, 2.05) is 13.8 Å². The van der Waals surface area contributed by atoms with Gasteiger partial charge in [-0.3, -0.25) is 4.57 Å². The van der Waals surface area contributed by atoms with Gasteiger partial charge >= 0.3 is 11.9 Å². The van der Waals surface area contributed by atoms with Gasteiger partial charge in [0, 0.05) is 18.3 Å². The van der Waals surface area contributed by atoms with Crippen LogP contribution in [0.25, 0.3) is 11.3 Å². The van der Waals surface area contributed by atoms with Gasteiger partial charge < -0.3 is 4.98 Å². The first-order chi connectivity index (χ1) is 9.30. The van der Waals surface area contributed by atoms with E-state index in [2.05, 4.69) is 4.98 Å². The van der Waals surface area contributed by atoms with Crippen molar-refractivity contribution in [2.24, 2.45) is 5.92 Å². The van der Waals surface area contributed by atoms with E-state index in [0.29, 0.717) is 6.54 Å². The number of aromatic nitrogens is 2. The van der Waals surface area contributed by atoms with Crippen LogP contribution in [0.5, 0.6) is 0 Å². The van der Waals surface area contributed by atoms with Gasteiger partial charge in [0.05, 0.1) is 11.3 Å². The Balaban J connectivity index is 2.61. The van der Waals surface area contributed by atoms with Crippen molar-refractivity contribution in [1.29, 1.82) is 0 Å². The molecule has 1 aromatic carbocycles. The van der Waals surface area contributed by atoms with Crippen molar-refractivity contribution in [1.82, 2.24) is 9.55 Å². The topological polar surface area (TPSA) is 37.8 Å². The number of rotatable bonds is 3. The number of halogens is 3. The van der Waals surface area contributed by atoms with Crippen molar-refractivity contribution in [2.75, 3.05) is 0 Å². The predicted molar refractivity (Wildman–Crippen MR) is 70.3 cm³/mol. The second kappa shape index (κ2) is 5.19. The number of H-pyrrole nitrogens is 1. The normalized spacial score (nSPS) is 12.1. The molecule has 2 rings (SSSR count). The largest absolute Gasteiger partial charge is 0.417 e. The quantitative estimate of drug-likeness (QED) is 0.920. The number of nitrogens with zero attached hydrogens (tertiary/aromatic N) is 1. The lowest BCUT2D eigenvalue weighted by molar-refractivity contribution is -0.137. The molecule has 1 N–H and O–H groups in total. The molecule has 1 aromatic heterocycles. The Labute approximate surface area is 114 Å². The minimum Gasteiger partial charge on any atom is -0.312 e. The first-order valence-corrected chi connectivity index (χ1v) is 6.25. The number of aromatic amines is 1. The molecule has 2 aromatic rings. The summed E-state index contributed by atoms with van der Waals surface area (Å²) in [5, 5.41) is 0. The third kappa shape index (κ3) is 2.79. The lowest BCUT2D eigenvalue weighted by Crippen LogP contribution is -2.21. The Kier molecular flexibility index (Phi) is 3.74. The zero-order valence-corrected chi connectivity index (χ0v) is 11.2. The number of hydrogen-bond donors (Lipinski definition) is 1. The highest BCUT2D eigenvalue weighted by molar-refractivity contribution is 5.64. The second-order valence-corrected chi connectivity index (χ2v) is 5.03. The van der Waals surface area contributed by atoms with Crippen LogP contribution in [0, 0.1) is 5.92 Å². The zero-order valence-electron chi connectivity index (χ0n) is 11.2. The smallest absolute Gasteiger partial charge is 0.312 e. The van der Waals surface area contributed by atoms with E-state index < -0.39 is 17.4 Å². The van der Waals surface area contributed by atoms with E-state index in [-0.39, 0.29) is 17.2 Å². The minimum absolute atomic E-state index is 0.0130. The summed E-state index contributed by atoms with van der Waals surface area (Å²) in [4.78, 5) is 14.2. The highest BCUT2D eigenvalue weighted by Crippen LogP contribution is 2.36. The number of benzene rings is 1. The van der Waals surface area contributed by atoms with Crippen LogP contribution in [0.3, 0.4) is 0 Å². The highest BCUT2D eigenvalue weighted by Gasteiger charge is 2.34. The van der Waals surface area contributed by atoms with Gasteiger partial charge in [0.2, 0.25) is 0 Å². The Bertz CT molecular complexity index is 653. The summed E-state index contributed by atoms with van der Waals surface area (Å²) in [6, 6.07) is 5.26. The molecule has 108 valence electrons. The first-order valence-electron chi connectivity index (χ1n) is 6.25. The Morgan fingerprint density at radius 3 is 2.50 bits per heavy atom. The second-order valence-electron chi connectivity index (χ2n) is 5.03. The molecule has 0 aliphatic heterocycles. The average molecular weight is 284 g/mol. The van der Waals surface area contributed by atoms with Crippen LogP contribution in [0.1, 0.15) is 19.4 Å². The molecule has 0 bridgehead atoms. The summed E-state index contributed by atoms with van der Waals surface area (Å²) >= 11 is 0. The van der Waals surface area contributed by atoms with Crippen molar-refractivity contribution < 1.29 is 13.2 Å². The molecule has 0 saturated heterocycles. The lowest BCUT2D eigenvalue weighted by Gasteiger charge is -2.15. The van der Waals surface area contributed by atoms with E-state index in [4.69, 9.17) is 0 Å². The summed E-state index contributed by atoms with van der Waals surface area (Å²) < 4.78 is 40.5. The maximum absolute atomic E-state index is 13.0. The number of imidazole rings is 1. The van der Waals surface area contributed by atoms with Crippen LogP contribution in [0.2, 0.25) is 0 Å². The van der Waals surface area contributed by atoms with E-state index in [1.54, 1.807) is 0 Å². The van der Waals surface area contributed by atoms with Crippen LogP contribution in [-0.2, 0) is 12.7 Å². The summed E-state index contributed by atoms with van der Waals surface area (Å²) in [5.74, 6) is 0.153. The maximum atomic E-state index is 13.0. The van der Waals surface area contributed by atoms with Crippen LogP contribution in [0.4, 0.5) is 13.2 Å². The fourth-order valence-electron chi connectivity index (χ4n) is 2.12. The molecule has 0 radical (unpaired) electrons. The maximum Gasteiger partial charge on any atom is 0.417 e. The van der Waals surface area contributed by atoms with Gasteiger partial charge in [-0.25, -0.2) is 4.79 Å². The van der Waals surface area contributed by atoms with Gasteiger partial charge in [-0.15, -0.1) is 0 Å². The van der Waals surface area contributed by atoms with Gasteiger partial charge in [0.25, 0.3) is 0 Å². The van der Waals surface area contributed by atoms with Gasteiger partial charge in [-0.05, 0) is 12.0 Å². The van der Waals surface area contributed by atoms with Crippen molar-refractivity contribution in [3.8, 4) is 11.3 Å². The van der Waals surface area contributed by atoms with E-state index in [0.717, 1.165) is 6.07 Å². The third-order valence-corrected chi connectivity index (χ3v) is 2.92. The van der Waals surface area contributed by atoms with Crippen molar-refractivity contribution >= 4 is 0 Å². The van der Waals surface area contributed by atoms with Crippen LogP contribution in [-0.4, -0.2) is 9.55 Å². The van der Waals surface area contributed by atoms with Gasteiger partial charge in [-0.1, -0.05) is 32.0 Å². The minimum atomic E-state index is -4.45. The number of nitrogens with one attached hydrogen (secondary N) is 1. The molecule has 0 fully saturated rings. The fourth-order valence-corrected chi connectivity index (χ4v) is 2.12. The van der Waals surface area contributed by atoms with Gasteiger partial charge in [0.1, 0.15) is 0 Å². The lowest BCUT2D eigenvalue weighted by atomic mass is 10.0. The predicted octanol–water partition coefficient (Wildman–Crippen LogP) is 3.52. The standard InChI is InChI=1S/C14H15F3N2O/c1-9(2)8-19-12(7-18-13(19)20)10-5-3-4-6-11(10)14(15,16)17/h3-7,9H,8H2,1-2H3,(H,18,20). The van der Waals surface area contributed by atoms with Crippen molar-refractivity contribution in [3.63, 3.8) is 0 Å². The Morgan fingerprint density at radius 1 is 1.25 bits per heavy atom. The summed E-state index contributed by atoms with van der Waals surface area (Å²) in [6.07, 6.45) is -3.12. The first kappa shape index (κ1) is 14.4. The molecular weight excluding hydrogens is 269 g/mol. The molecular formula is C14H15F3N2O. The molecule has 0 unspecified atom stereocenters. The van der Waals surface area contributed by atoms with E-state index in [1.165, 1.54) is 29.0 Å². The third-order valence-electron chi connectivity index (χ3n) is 2.92. The Morgan fingerprint density at radius 2 is 1.90 bits per heavy atom. The van der Waals surface area contributed by atoms with Crippen LogP contribution in [0.15, 0.2) is 35.3 Å². The summed E-state index contributed by atoms with van der Waals surface area (Å²) in [7, 11) is 0. The summed E-state index contributed by atoms with van der Waals surface area (Å²) in [6.45, 7) is 4.17. The van der Waals surface area contributed by atoms with E-state index in [9.17, 15) is 18.0 Å². The molecule has 0 aliphatic rings. The van der Waals surface area contributed by atoms with Gasteiger partial charge in [-0.2, -0.15) is 13.2 Å². The van der Waals surface area contributed by atoms with Crippen molar-refractivity contribution in [2.45, 2.75) is 26.6 Å². The average Bonchev–Trinajstić information content (AvgIpc) is 2.69. The molecule has 0 aliphatic carbocycles. The number of alkyl halides is 3. The van der Waals surface area contributed by atoms with Gasteiger partial charge in [0.15, 0.2) is 0 Å². The Hall–Kier alpha value is -1.98. The molecule has 0 saturated carbocycles. The summed E-state index contributed by atoms with van der Waals surface area (Å²) in [5.41, 5.74) is -0.863.